The summed E-state index contributed by atoms with van der Waals surface area (Å²) in [4.78, 5) is 10.4. The maximum absolute atomic E-state index is 13.9. The Kier molecular flexibility index (Phi) is 4.87. The molecule has 0 spiro atoms. The third-order valence-electron chi connectivity index (χ3n) is 2.77. The Labute approximate surface area is 129 Å². The second kappa shape index (κ2) is 6.64. The summed E-state index contributed by atoms with van der Waals surface area (Å²) < 4.78 is 19.7. The van der Waals surface area contributed by atoms with Crippen LogP contribution in [0.15, 0.2) is 40.9 Å². The molecule has 0 amide bonds. The first kappa shape index (κ1) is 15.4. The first-order valence-corrected chi connectivity index (χ1v) is 6.86. The van der Waals surface area contributed by atoms with Gasteiger partial charge in [0, 0.05) is 18.2 Å². The van der Waals surface area contributed by atoms with E-state index in [-0.39, 0.29) is 21.7 Å². The van der Waals surface area contributed by atoms with Crippen molar-refractivity contribution in [2.75, 3.05) is 7.05 Å². The number of ether oxygens (including phenoxy) is 1. The molecule has 7 heteroatoms. The summed E-state index contributed by atoms with van der Waals surface area (Å²) in [5, 5.41) is 13.8. The van der Waals surface area contributed by atoms with Crippen LogP contribution in [0, 0.1) is 15.9 Å². The summed E-state index contributed by atoms with van der Waals surface area (Å²) in [6.07, 6.45) is 0. The van der Waals surface area contributed by atoms with E-state index in [1.54, 1.807) is 19.2 Å². The van der Waals surface area contributed by atoms with Gasteiger partial charge in [-0.2, -0.15) is 0 Å². The van der Waals surface area contributed by atoms with Gasteiger partial charge in [0.1, 0.15) is 10.2 Å². The average Bonchev–Trinajstić information content (AvgIpc) is 2.44. The molecule has 2 aromatic carbocycles. The molecule has 0 aliphatic rings. The minimum Gasteiger partial charge on any atom is -0.452 e. The number of benzene rings is 2. The second-order valence-electron chi connectivity index (χ2n) is 4.21. The number of hydrogen-bond acceptors (Lipinski definition) is 4. The molecular formula is C14H12BrFN2O3. The number of para-hydroxylation sites is 1. The van der Waals surface area contributed by atoms with Crippen LogP contribution in [0.5, 0.6) is 11.5 Å². The van der Waals surface area contributed by atoms with Crippen LogP contribution in [0.1, 0.15) is 5.56 Å². The van der Waals surface area contributed by atoms with E-state index in [0.29, 0.717) is 12.1 Å². The Hall–Kier alpha value is -1.99. The third kappa shape index (κ3) is 3.37. The zero-order valence-electron chi connectivity index (χ0n) is 11.1. The van der Waals surface area contributed by atoms with E-state index in [9.17, 15) is 14.5 Å². The largest absolute Gasteiger partial charge is 0.452 e. The molecule has 0 unspecified atom stereocenters. The van der Waals surface area contributed by atoms with E-state index in [1.165, 1.54) is 24.3 Å². The first-order chi connectivity index (χ1) is 10.0. The van der Waals surface area contributed by atoms with Crippen molar-refractivity contribution >= 4 is 21.6 Å². The lowest BCUT2D eigenvalue weighted by Crippen LogP contribution is -2.07. The molecule has 0 aliphatic heterocycles. The topological polar surface area (TPSA) is 64.4 Å². The molecule has 2 aromatic rings. The van der Waals surface area contributed by atoms with Gasteiger partial charge in [0.2, 0.25) is 0 Å². The van der Waals surface area contributed by atoms with E-state index in [0.717, 1.165) is 0 Å². The standard InChI is InChI=1S/C14H12BrFN2O3/c1-17-8-9-4-2-5-10(16)14(9)21-12-7-3-6-11(13(12)15)18(19)20/h2-7,17H,8H2,1H3. The van der Waals surface area contributed by atoms with E-state index in [4.69, 9.17) is 4.74 Å². The molecule has 2 rings (SSSR count). The highest BCUT2D eigenvalue weighted by Crippen LogP contribution is 2.38. The van der Waals surface area contributed by atoms with Crippen LogP contribution in [0.3, 0.4) is 0 Å². The first-order valence-electron chi connectivity index (χ1n) is 6.07. The predicted molar refractivity (Wildman–Crippen MR) is 80.0 cm³/mol. The van der Waals surface area contributed by atoms with Crippen molar-refractivity contribution < 1.29 is 14.1 Å². The van der Waals surface area contributed by atoms with Gasteiger partial charge in [-0.15, -0.1) is 0 Å². The molecule has 5 nitrogen and oxygen atoms in total. The monoisotopic (exact) mass is 354 g/mol. The van der Waals surface area contributed by atoms with E-state index >= 15 is 0 Å². The van der Waals surface area contributed by atoms with Crippen molar-refractivity contribution in [3.63, 3.8) is 0 Å². The number of nitrogens with zero attached hydrogens (tertiary/aromatic N) is 1. The van der Waals surface area contributed by atoms with Crippen molar-refractivity contribution in [2.45, 2.75) is 6.54 Å². The van der Waals surface area contributed by atoms with Crippen molar-refractivity contribution in [3.8, 4) is 11.5 Å². The zero-order chi connectivity index (χ0) is 15.4. The van der Waals surface area contributed by atoms with Crippen molar-refractivity contribution in [3.05, 3.63) is 62.4 Å². The minimum atomic E-state index is -0.535. The molecule has 110 valence electrons. The Bertz CT molecular complexity index is 679. The Morgan fingerprint density at radius 2 is 2.05 bits per heavy atom. The normalized spacial score (nSPS) is 10.4. The number of nitro benzene ring substituents is 1. The lowest BCUT2D eigenvalue weighted by Gasteiger charge is -2.13. The molecule has 0 aliphatic carbocycles. The highest BCUT2D eigenvalue weighted by Gasteiger charge is 2.18. The fourth-order valence-electron chi connectivity index (χ4n) is 1.83. The van der Waals surface area contributed by atoms with Crippen LogP contribution in [0.2, 0.25) is 0 Å². The molecule has 0 radical (unpaired) electrons. The van der Waals surface area contributed by atoms with Crippen molar-refractivity contribution in [1.82, 2.24) is 5.32 Å². The molecule has 1 N–H and O–H groups in total. The summed E-state index contributed by atoms with van der Waals surface area (Å²) in [5.41, 5.74) is 0.481. The highest BCUT2D eigenvalue weighted by atomic mass is 79.9. The Morgan fingerprint density at radius 3 is 2.71 bits per heavy atom. The van der Waals surface area contributed by atoms with Gasteiger partial charge in [0.05, 0.1) is 4.92 Å². The van der Waals surface area contributed by atoms with Crippen LogP contribution in [-0.4, -0.2) is 12.0 Å². The number of rotatable bonds is 5. The van der Waals surface area contributed by atoms with Gasteiger partial charge in [-0.05, 0) is 35.1 Å². The summed E-state index contributed by atoms with van der Waals surface area (Å²) in [7, 11) is 1.73. The van der Waals surface area contributed by atoms with Gasteiger partial charge in [0.15, 0.2) is 11.6 Å². The fourth-order valence-corrected chi connectivity index (χ4v) is 2.32. The summed E-state index contributed by atoms with van der Waals surface area (Å²) in [6.45, 7) is 0.416. The van der Waals surface area contributed by atoms with Crippen molar-refractivity contribution in [2.24, 2.45) is 0 Å². The number of nitro groups is 1. The van der Waals surface area contributed by atoms with Gasteiger partial charge in [-0.25, -0.2) is 4.39 Å². The second-order valence-corrected chi connectivity index (χ2v) is 5.00. The molecule has 0 bridgehead atoms. The van der Waals surface area contributed by atoms with Gasteiger partial charge in [0.25, 0.3) is 5.69 Å². The SMILES string of the molecule is CNCc1cccc(F)c1Oc1cccc([N+](=O)[O-])c1Br. The molecular weight excluding hydrogens is 343 g/mol. The molecule has 0 fully saturated rings. The molecule has 0 heterocycles. The van der Waals surface area contributed by atoms with Crippen LogP contribution in [-0.2, 0) is 6.54 Å². The van der Waals surface area contributed by atoms with E-state index < -0.39 is 10.7 Å². The van der Waals surface area contributed by atoms with Crippen LogP contribution >= 0.6 is 15.9 Å². The smallest absolute Gasteiger partial charge is 0.287 e. The number of nitrogens with one attached hydrogen (secondary N) is 1. The van der Waals surface area contributed by atoms with Crippen LogP contribution in [0.25, 0.3) is 0 Å². The van der Waals surface area contributed by atoms with Gasteiger partial charge >= 0.3 is 0 Å². The van der Waals surface area contributed by atoms with Crippen molar-refractivity contribution in [1.29, 1.82) is 0 Å². The number of hydrogen-bond donors (Lipinski definition) is 1. The summed E-state index contributed by atoms with van der Waals surface area (Å²) in [6, 6.07) is 8.94. The van der Waals surface area contributed by atoms with Crippen LogP contribution < -0.4 is 10.1 Å². The van der Waals surface area contributed by atoms with E-state index in [2.05, 4.69) is 21.2 Å². The maximum Gasteiger partial charge on any atom is 0.287 e. The maximum atomic E-state index is 13.9. The Morgan fingerprint density at radius 1 is 1.33 bits per heavy atom. The van der Waals surface area contributed by atoms with Crippen LogP contribution in [0.4, 0.5) is 10.1 Å². The molecule has 0 atom stereocenters. The minimum absolute atomic E-state index is 0.0491. The molecule has 21 heavy (non-hydrogen) atoms. The summed E-state index contributed by atoms with van der Waals surface area (Å²) >= 11 is 3.12. The fraction of sp³-hybridized carbons (Fsp3) is 0.143. The lowest BCUT2D eigenvalue weighted by molar-refractivity contribution is -0.385. The number of halogens is 2. The lowest BCUT2D eigenvalue weighted by atomic mass is 10.2. The predicted octanol–water partition coefficient (Wildman–Crippen LogP) is 4.01. The molecule has 0 aromatic heterocycles. The zero-order valence-corrected chi connectivity index (χ0v) is 12.7. The van der Waals surface area contributed by atoms with E-state index in [1.807, 2.05) is 0 Å². The third-order valence-corrected chi connectivity index (χ3v) is 3.56. The van der Waals surface area contributed by atoms with Gasteiger partial charge < -0.3 is 10.1 Å². The molecule has 0 saturated heterocycles. The quantitative estimate of drug-likeness (QED) is 0.650. The molecule has 0 saturated carbocycles. The summed E-state index contributed by atoms with van der Waals surface area (Å²) in [5.74, 6) is -0.291. The van der Waals surface area contributed by atoms with Gasteiger partial charge in [-0.1, -0.05) is 18.2 Å². The highest BCUT2D eigenvalue weighted by molar-refractivity contribution is 9.10. The average molecular weight is 355 g/mol. The Balaban J connectivity index is 2.43. The van der Waals surface area contributed by atoms with Gasteiger partial charge in [-0.3, -0.25) is 10.1 Å².